The number of hydrogen-bond acceptors (Lipinski definition) is 2. The van der Waals surface area contributed by atoms with Crippen molar-refractivity contribution < 1.29 is 14.0 Å². The smallest absolute Gasteiger partial charge is 0.255 e. The van der Waals surface area contributed by atoms with Crippen LogP contribution in [0.1, 0.15) is 60.1 Å². The van der Waals surface area contributed by atoms with E-state index in [2.05, 4.69) is 5.32 Å². The fourth-order valence-electron chi connectivity index (χ4n) is 3.54. The Labute approximate surface area is 169 Å². The molecule has 148 valence electrons. The maximum Gasteiger partial charge on any atom is 0.255 e. The van der Waals surface area contributed by atoms with Crippen LogP contribution in [0.2, 0.25) is 5.02 Å². The Balaban J connectivity index is 1.87. The van der Waals surface area contributed by atoms with Gasteiger partial charge in [0.2, 0.25) is 5.91 Å². The summed E-state index contributed by atoms with van der Waals surface area (Å²) in [6.07, 6.45) is 1.80. The van der Waals surface area contributed by atoms with Crippen molar-refractivity contribution in [2.24, 2.45) is 0 Å². The van der Waals surface area contributed by atoms with Crippen molar-refractivity contribution in [3.8, 4) is 0 Å². The van der Waals surface area contributed by atoms with Crippen LogP contribution < -0.4 is 5.32 Å². The van der Waals surface area contributed by atoms with Crippen molar-refractivity contribution in [1.82, 2.24) is 10.2 Å². The molecule has 0 fully saturated rings. The Bertz CT molecular complexity index is 869. The largest absolute Gasteiger partial charge is 0.354 e. The minimum absolute atomic E-state index is 0.00804. The third-order valence-corrected chi connectivity index (χ3v) is 5.35. The molecule has 28 heavy (non-hydrogen) atoms. The lowest BCUT2D eigenvalue weighted by atomic mass is 9.99. The minimum Gasteiger partial charge on any atom is -0.354 e. The number of unbranched alkanes of at least 4 members (excludes halogenated alkanes) is 1. The average Bonchev–Trinajstić information content (AvgIpc) is 2.93. The predicted octanol–water partition coefficient (Wildman–Crippen LogP) is 4.70. The van der Waals surface area contributed by atoms with Crippen molar-refractivity contribution >= 4 is 23.4 Å². The zero-order valence-electron chi connectivity index (χ0n) is 16.0. The third-order valence-electron chi connectivity index (χ3n) is 5.10. The van der Waals surface area contributed by atoms with Crippen LogP contribution in [0.3, 0.4) is 0 Å². The fourth-order valence-corrected chi connectivity index (χ4v) is 3.67. The fraction of sp³-hybridized carbons (Fsp3) is 0.364. The van der Waals surface area contributed by atoms with E-state index in [1.54, 1.807) is 17.0 Å². The Hall–Kier alpha value is -2.40. The molecule has 2 atom stereocenters. The molecule has 0 aliphatic carbocycles. The first-order valence-electron chi connectivity index (χ1n) is 9.56. The van der Waals surface area contributed by atoms with Gasteiger partial charge in [-0.1, -0.05) is 44.0 Å². The molecule has 0 saturated carbocycles. The third kappa shape index (κ3) is 4.20. The second kappa shape index (κ2) is 8.74. The first kappa shape index (κ1) is 20.3. The monoisotopic (exact) mass is 402 g/mol. The number of fused-ring (bicyclic) bond motifs is 1. The molecule has 1 N–H and O–H groups in total. The van der Waals surface area contributed by atoms with Gasteiger partial charge < -0.3 is 10.2 Å². The summed E-state index contributed by atoms with van der Waals surface area (Å²) in [7, 11) is 0. The summed E-state index contributed by atoms with van der Waals surface area (Å²) >= 11 is 5.96. The van der Waals surface area contributed by atoms with Gasteiger partial charge in [0.1, 0.15) is 11.9 Å². The zero-order valence-corrected chi connectivity index (χ0v) is 16.8. The van der Waals surface area contributed by atoms with Gasteiger partial charge >= 0.3 is 0 Å². The second-order valence-electron chi connectivity index (χ2n) is 7.19. The lowest BCUT2D eigenvalue weighted by molar-refractivity contribution is -0.125. The van der Waals surface area contributed by atoms with E-state index in [0.717, 1.165) is 18.4 Å². The molecule has 0 bridgehead atoms. The molecule has 2 aromatic carbocycles. The van der Waals surface area contributed by atoms with E-state index in [1.165, 1.54) is 18.2 Å². The number of nitrogens with one attached hydrogen (secondary N) is 1. The molecule has 0 aromatic heterocycles. The van der Waals surface area contributed by atoms with Gasteiger partial charge in [-0.2, -0.15) is 0 Å². The van der Waals surface area contributed by atoms with Crippen LogP contribution in [0.15, 0.2) is 42.5 Å². The Morgan fingerprint density at radius 1 is 1.25 bits per heavy atom. The summed E-state index contributed by atoms with van der Waals surface area (Å²) in [6, 6.07) is 10.6. The molecule has 1 aliphatic heterocycles. The van der Waals surface area contributed by atoms with Crippen molar-refractivity contribution in [1.29, 1.82) is 0 Å². The minimum atomic E-state index is -0.815. The Kier molecular flexibility index (Phi) is 6.35. The number of nitrogens with zero attached hydrogens (tertiary/aromatic N) is 1. The first-order chi connectivity index (χ1) is 13.4. The van der Waals surface area contributed by atoms with Crippen LogP contribution in [-0.2, 0) is 4.79 Å². The Morgan fingerprint density at radius 3 is 2.64 bits per heavy atom. The summed E-state index contributed by atoms with van der Waals surface area (Å²) in [4.78, 5) is 27.4. The normalized spacial score (nSPS) is 16.8. The summed E-state index contributed by atoms with van der Waals surface area (Å²) < 4.78 is 13.9. The van der Waals surface area contributed by atoms with Crippen LogP contribution in [0.4, 0.5) is 4.39 Å². The van der Waals surface area contributed by atoms with Gasteiger partial charge in [-0.05, 0) is 53.8 Å². The molecule has 6 heteroatoms. The van der Waals surface area contributed by atoms with Gasteiger partial charge in [0.05, 0.1) is 0 Å². The van der Waals surface area contributed by atoms with Gasteiger partial charge in [-0.25, -0.2) is 4.39 Å². The van der Waals surface area contributed by atoms with Crippen LogP contribution in [0.5, 0.6) is 0 Å². The van der Waals surface area contributed by atoms with E-state index in [0.29, 0.717) is 29.2 Å². The van der Waals surface area contributed by atoms with Crippen molar-refractivity contribution in [3.05, 3.63) is 70.0 Å². The summed E-state index contributed by atoms with van der Waals surface area (Å²) in [6.45, 7) is 4.91. The van der Waals surface area contributed by atoms with Gasteiger partial charge in [0.15, 0.2) is 0 Å². The van der Waals surface area contributed by atoms with Crippen molar-refractivity contribution in [3.63, 3.8) is 0 Å². The molecule has 2 aromatic rings. The maximum absolute atomic E-state index is 13.9. The first-order valence-corrected chi connectivity index (χ1v) is 9.93. The van der Waals surface area contributed by atoms with Gasteiger partial charge in [0, 0.05) is 23.7 Å². The van der Waals surface area contributed by atoms with E-state index >= 15 is 0 Å². The van der Waals surface area contributed by atoms with E-state index in [1.807, 2.05) is 26.0 Å². The zero-order chi connectivity index (χ0) is 20.3. The topological polar surface area (TPSA) is 49.4 Å². The molecule has 2 amide bonds. The molecule has 0 saturated heterocycles. The van der Waals surface area contributed by atoms with E-state index in [4.69, 9.17) is 11.6 Å². The molecule has 1 heterocycles. The second-order valence-corrected chi connectivity index (χ2v) is 7.63. The number of amides is 2. The number of carbonyl (C=O) groups is 2. The number of halogens is 2. The highest BCUT2D eigenvalue weighted by molar-refractivity contribution is 6.30. The summed E-state index contributed by atoms with van der Waals surface area (Å²) in [5, 5.41) is 3.53. The summed E-state index contributed by atoms with van der Waals surface area (Å²) in [5.74, 6) is -0.974. The molecule has 0 unspecified atom stereocenters. The highest BCUT2D eigenvalue weighted by Gasteiger charge is 2.41. The lowest BCUT2D eigenvalue weighted by Crippen LogP contribution is -2.41. The van der Waals surface area contributed by atoms with E-state index in [9.17, 15) is 14.0 Å². The van der Waals surface area contributed by atoms with Gasteiger partial charge in [-0.15, -0.1) is 0 Å². The molecule has 3 rings (SSSR count). The van der Waals surface area contributed by atoms with E-state index in [-0.39, 0.29) is 17.7 Å². The molecular weight excluding hydrogens is 379 g/mol. The highest BCUT2D eigenvalue weighted by atomic mass is 35.5. The quantitative estimate of drug-likeness (QED) is 0.682. The number of benzene rings is 2. The van der Waals surface area contributed by atoms with Gasteiger partial charge in [-0.3, -0.25) is 9.59 Å². The average molecular weight is 403 g/mol. The van der Waals surface area contributed by atoms with Gasteiger partial charge in [0.25, 0.3) is 5.91 Å². The molecule has 1 aliphatic rings. The standard InChI is InChI=1S/C22H24ClFN2O2/c1-3-4-11-25-21(27)20-19-12-17(24)9-10-18(19)22(28)26(20)13-14(2)15-5-7-16(23)8-6-15/h5-10,12,14,20H,3-4,11,13H2,1-2H3,(H,25,27)/t14-,20+/m0/s1. The predicted molar refractivity (Wildman–Crippen MR) is 108 cm³/mol. The van der Waals surface area contributed by atoms with E-state index < -0.39 is 11.9 Å². The lowest BCUT2D eigenvalue weighted by Gasteiger charge is -2.27. The van der Waals surface area contributed by atoms with Crippen LogP contribution in [0, 0.1) is 5.82 Å². The van der Waals surface area contributed by atoms with Crippen molar-refractivity contribution in [2.45, 2.75) is 38.6 Å². The number of rotatable bonds is 7. The Morgan fingerprint density at radius 2 is 1.96 bits per heavy atom. The van der Waals surface area contributed by atoms with Crippen LogP contribution in [-0.4, -0.2) is 29.8 Å². The summed E-state index contributed by atoms with van der Waals surface area (Å²) in [5.41, 5.74) is 1.84. The molecular formula is C22H24ClFN2O2. The van der Waals surface area contributed by atoms with Crippen LogP contribution in [0.25, 0.3) is 0 Å². The molecule has 0 spiro atoms. The SMILES string of the molecule is CCCCNC(=O)[C@H]1c2cc(F)ccc2C(=O)N1C[C@H](C)c1ccc(Cl)cc1. The van der Waals surface area contributed by atoms with Crippen molar-refractivity contribution in [2.75, 3.05) is 13.1 Å². The molecule has 4 nitrogen and oxygen atoms in total. The van der Waals surface area contributed by atoms with Crippen LogP contribution >= 0.6 is 11.6 Å². The number of carbonyl (C=O) groups excluding carboxylic acids is 2. The highest BCUT2D eigenvalue weighted by Crippen LogP contribution is 2.36. The molecule has 0 radical (unpaired) electrons. The number of hydrogen-bond donors (Lipinski definition) is 1. The maximum atomic E-state index is 13.9.